The Bertz CT molecular complexity index is 776. The zero-order valence-corrected chi connectivity index (χ0v) is 14.7. The molecule has 8 nitrogen and oxygen atoms in total. The van der Waals surface area contributed by atoms with E-state index in [4.69, 9.17) is 0 Å². The number of aryl methyl sites for hydroxylation is 1. The van der Waals surface area contributed by atoms with Gasteiger partial charge in [0.25, 0.3) is 5.91 Å². The van der Waals surface area contributed by atoms with Gasteiger partial charge in [0.2, 0.25) is 5.91 Å². The van der Waals surface area contributed by atoms with Crippen molar-refractivity contribution in [1.29, 1.82) is 0 Å². The van der Waals surface area contributed by atoms with Crippen LogP contribution in [0.2, 0.25) is 0 Å². The Hall–Kier alpha value is -2.90. The van der Waals surface area contributed by atoms with Gasteiger partial charge < -0.3 is 15.3 Å². The zero-order valence-electron chi connectivity index (χ0n) is 14.7. The van der Waals surface area contributed by atoms with Crippen molar-refractivity contribution in [2.75, 3.05) is 13.1 Å². The molecule has 2 aliphatic rings. The number of imide groups is 1. The molecule has 2 heterocycles. The first-order chi connectivity index (χ1) is 12.2. The number of carboxylic acids is 1. The quantitative estimate of drug-likeness (QED) is 0.775. The molecule has 2 N–H and O–H groups in total. The highest BCUT2D eigenvalue weighted by Crippen LogP contribution is 2.29. The summed E-state index contributed by atoms with van der Waals surface area (Å²) in [6, 6.07) is 5.66. The third-order valence-corrected chi connectivity index (χ3v) is 5.06. The zero-order chi connectivity index (χ0) is 19.1. The smallest absolute Gasteiger partial charge is 0.326 e. The number of nitrogens with one attached hydrogen (secondary N) is 1. The number of nitrogens with zero attached hydrogens (tertiary/aromatic N) is 2. The first kappa shape index (κ1) is 17.9. The summed E-state index contributed by atoms with van der Waals surface area (Å²) in [5.74, 6) is -2.13. The van der Waals surface area contributed by atoms with Crippen molar-refractivity contribution in [3.05, 3.63) is 35.4 Å². The van der Waals surface area contributed by atoms with Crippen LogP contribution in [0.5, 0.6) is 0 Å². The Morgan fingerprint density at radius 1 is 1.27 bits per heavy atom. The minimum atomic E-state index is -1.25. The summed E-state index contributed by atoms with van der Waals surface area (Å²) in [7, 11) is 0. The fourth-order valence-corrected chi connectivity index (χ4v) is 3.47. The van der Waals surface area contributed by atoms with Crippen LogP contribution < -0.4 is 5.32 Å². The van der Waals surface area contributed by atoms with E-state index in [0.717, 1.165) is 10.5 Å². The van der Waals surface area contributed by atoms with E-state index in [1.54, 1.807) is 19.1 Å². The molecule has 138 valence electrons. The van der Waals surface area contributed by atoms with Crippen molar-refractivity contribution >= 4 is 23.8 Å². The maximum Gasteiger partial charge on any atom is 0.326 e. The molecule has 0 bridgehead atoms. The summed E-state index contributed by atoms with van der Waals surface area (Å²) in [6.07, 6.45) is 0.965. The molecule has 2 saturated heterocycles. The number of hydrogen-bond donors (Lipinski definition) is 2. The summed E-state index contributed by atoms with van der Waals surface area (Å²) in [5, 5.41) is 11.8. The lowest BCUT2D eigenvalue weighted by molar-refractivity contribution is -0.149. The van der Waals surface area contributed by atoms with E-state index in [0.29, 0.717) is 24.9 Å². The third-order valence-electron chi connectivity index (χ3n) is 5.06. The number of carbonyl (C=O) groups excluding carboxylic acids is 3. The fraction of sp³-hybridized carbons (Fsp3) is 0.444. The predicted molar refractivity (Wildman–Crippen MR) is 91.1 cm³/mol. The fourth-order valence-electron chi connectivity index (χ4n) is 3.47. The molecule has 3 rings (SSSR count). The van der Waals surface area contributed by atoms with E-state index < -0.39 is 41.9 Å². The van der Waals surface area contributed by atoms with E-state index in [9.17, 15) is 24.3 Å². The second-order valence-electron chi connectivity index (χ2n) is 6.90. The van der Waals surface area contributed by atoms with E-state index in [1.165, 1.54) is 4.90 Å². The molecule has 8 heteroatoms. The third kappa shape index (κ3) is 2.91. The molecule has 4 amide bonds. The molecular formula is C18H21N3O5. The van der Waals surface area contributed by atoms with Crippen molar-refractivity contribution in [1.82, 2.24) is 15.1 Å². The Morgan fingerprint density at radius 2 is 1.92 bits per heavy atom. The van der Waals surface area contributed by atoms with Crippen LogP contribution in [0.25, 0.3) is 0 Å². The molecular weight excluding hydrogens is 338 g/mol. The van der Waals surface area contributed by atoms with Gasteiger partial charge in [0.1, 0.15) is 18.1 Å². The summed E-state index contributed by atoms with van der Waals surface area (Å²) >= 11 is 0. The average molecular weight is 359 g/mol. The molecule has 0 saturated carbocycles. The van der Waals surface area contributed by atoms with Crippen molar-refractivity contribution in [2.45, 2.75) is 38.3 Å². The molecule has 0 spiro atoms. The van der Waals surface area contributed by atoms with Gasteiger partial charge in [0.15, 0.2) is 0 Å². The largest absolute Gasteiger partial charge is 0.480 e. The summed E-state index contributed by atoms with van der Waals surface area (Å²) in [6.45, 7) is 3.36. The van der Waals surface area contributed by atoms with Crippen molar-refractivity contribution in [3.8, 4) is 0 Å². The molecule has 0 unspecified atom stereocenters. The number of amides is 4. The number of likely N-dealkylation sites (tertiary alicyclic amines) is 1. The minimum Gasteiger partial charge on any atom is -0.480 e. The predicted octanol–water partition coefficient (Wildman–Crippen LogP) is 0.838. The van der Waals surface area contributed by atoms with Crippen molar-refractivity contribution in [3.63, 3.8) is 0 Å². The van der Waals surface area contributed by atoms with Crippen LogP contribution in [0, 0.1) is 6.92 Å². The van der Waals surface area contributed by atoms with Crippen LogP contribution in [-0.4, -0.2) is 57.9 Å². The summed E-state index contributed by atoms with van der Waals surface area (Å²) < 4.78 is 0. The second kappa shape index (κ2) is 6.44. The SMILES string of the molecule is Cc1ccc([C@]2(C)NC(=O)N(CC(=O)N3CCC[C@@H]3C(=O)O)C2=O)cc1. The lowest BCUT2D eigenvalue weighted by Crippen LogP contribution is -2.47. The van der Waals surface area contributed by atoms with Crippen molar-refractivity contribution in [2.24, 2.45) is 0 Å². The Morgan fingerprint density at radius 3 is 2.54 bits per heavy atom. The average Bonchev–Trinajstić information content (AvgIpc) is 3.16. The molecule has 1 aromatic carbocycles. The van der Waals surface area contributed by atoms with Gasteiger partial charge in [0.05, 0.1) is 0 Å². The molecule has 2 aliphatic heterocycles. The van der Waals surface area contributed by atoms with Gasteiger partial charge in [-0.3, -0.25) is 14.5 Å². The van der Waals surface area contributed by atoms with Gasteiger partial charge in [-0.2, -0.15) is 0 Å². The maximum absolute atomic E-state index is 12.8. The summed E-state index contributed by atoms with van der Waals surface area (Å²) in [5.41, 5.74) is 0.401. The van der Waals surface area contributed by atoms with Crippen LogP contribution in [-0.2, 0) is 19.9 Å². The maximum atomic E-state index is 12.8. The first-order valence-electron chi connectivity index (χ1n) is 8.47. The van der Waals surface area contributed by atoms with E-state index >= 15 is 0 Å². The number of carboxylic acid groups (broad SMARTS) is 1. The monoisotopic (exact) mass is 359 g/mol. The van der Waals surface area contributed by atoms with Gasteiger partial charge in [-0.25, -0.2) is 9.59 Å². The Balaban J connectivity index is 1.78. The number of rotatable bonds is 4. The molecule has 0 radical (unpaired) electrons. The lowest BCUT2D eigenvalue weighted by Gasteiger charge is -2.25. The number of benzene rings is 1. The van der Waals surface area contributed by atoms with Crippen LogP contribution in [0.1, 0.15) is 30.9 Å². The van der Waals surface area contributed by atoms with E-state index in [2.05, 4.69) is 5.32 Å². The second-order valence-corrected chi connectivity index (χ2v) is 6.90. The number of urea groups is 1. The van der Waals surface area contributed by atoms with E-state index in [1.807, 2.05) is 19.1 Å². The standard InChI is InChI=1S/C18H21N3O5/c1-11-5-7-12(8-6-11)18(2)16(25)21(17(26)19-18)10-14(22)20-9-3-4-13(20)15(23)24/h5-8,13H,3-4,9-10H2,1-2H3,(H,19,26)(H,23,24)/t13-,18+/m1/s1. The number of aliphatic carboxylic acids is 1. The molecule has 2 atom stereocenters. The van der Waals surface area contributed by atoms with Gasteiger partial charge in [-0.1, -0.05) is 29.8 Å². The molecule has 0 aromatic heterocycles. The summed E-state index contributed by atoms with van der Waals surface area (Å²) in [4.78, 5) is 51.0. The van der Waals surface area contributed by atoms with Gasteiger partial charge in [0, 0.05) is 6.54 Å². The van der Waals surface area contributed by atoms with Gasteiger partial charge in [-0.05, 0) is 32.3 Å². The molecule has 2 fully saturated rings. The number of carbonyl (C=O) groups is 4. The molecule has 26 heavy (non-hydrogen) atoms. The first-order valence-corrected chi connectivity index (χ1v) is 8.47. The van der Waals surface area contributed by atoms with Crippen molar-refractivity contribution < 1.29 is 24.3 Å². The molecule has 1 aromatic rings. The van der Waals surface area contributed by atoms with Gasteiger partial charge >= 0.3 is 12.0 Å². The lowest BCUT2D eigenvalue weighted by atomic mass is 9.91. The Labute approximate surface area is 150 Å². The normalized spacial score (nSPS) is 25.5. The topological polar surface area (TPSA) is 107 Å². The minimum absolute atomic E-state index is 0.314. The van der Waals surface area contributed by atoms with Crippen LogP contribution in [0.3, 0.4) is 0 Å². The highest BCUT2D eigenvalue weighted by Gasteiger charge is 2.50. The highest BCUT2D eigenvalue weighted by molar-refractivity contribution is 6.09. The van der Waals surface area contributed by atoms with Crippen LogP contribution >= 0.6 is 0 Å². The molecule has 0 aliphatic carbocycles. The number of hydrogen-bond acceptors (Lipinski definition) is 4. The van der Waals surface area contributed by atoms with Crippen LogP contribution in [0.4, 0.5) is 4.79 Å². The Kier molecular flexibility index (Phi) is 4.43. The van der Waals surface area contributed by atoms with Gasteiger partial charge in [-0.15, -0.1) is 0 Å². The van der Waals surface area contributed by atoms with Crippen LogP contribution in [0.15, 0.2) is 24.3 Å². The highest BCUT2D eigenvalue weighted by atomic mass is 16.4. The van der Waals surface area contributed by atoms with E-state index in [-0.39, 0.29) is 0 Å².